The molecule has 0 fully saturated rings. The van der Waals surface area contributed by atoms with Crippen molar-refractivity contribution in [1.82, 2.24) is 0 Å². The van der Waals surface area contributed by atoms with Gasteiger partial charge in [0.15, 0.2) is 0 Å². The molecular weight excluding hydrogens is 216 g/mol. The molecule has 1 atom stereocenters. The number of allylic oxidation sites excluding steroid dienone is 1. The summed E-state index contributed by atoms with van der Waals surface area (Å²) in [5.41, 5.74) is 1.25. The molecule has 0 radical (unpaired) electrons. The minimum Gasteiger partial charge on any atom is -0.389 e. The van der Waals surface area contributed by atoms with Crippen LogP contribution in [0, 0.1) is 0 Å². The highest BCUT2D eigenvalue weighted by Crippen LogP contribution is 2.33. The zero-order chi connectivity index (χ0) is 8.97. The van der Waals surface area contributed by atoms with Gasteiger partial charge in [-0.15, -0.1) is 0 Å². The van der Waals surface area contributed by atoms with E-state index in [2.05, 4.69) is 22.9 Å². The first kappa shape index (κ1) is 10.3. The van der Waals surface area contributed by atoms with Crippen LogP contribution in [0.5, 0.6) is 0 Å². The predicted molar refractivity (Wildman–Crippen MR) is 55.3 cm³/mol. The Kier molecular flexibility index (Phi) is 4.30. The Hall–Kier alpha value is 0.180. The third-order valence-corrected chi connectivity index (χ3v) is 3.33. The van der Waals surface area contributed by atoms with Gasteiger partial charge in [0.2, 0.25) is 0 Å². The minimum atomic E-state index is -0.179. The summed E-state index contributed by atoms with van der Waals surface area (Å²) >= 11 is 3.52. The largest absolute Gasteiger partial charge is 0.389 e. The fraction of sp³-hybridized carbons (Fsp3) is 0.800. The topological polar surface area (TPSA) is 20.2 Å². The van der Waals surface area contributed by atoms with E-state index in [9.17, 15) is 5.11 Å². The lowest BCUT2D eigenvalue weighted by atomic mass is 10.0. The first-order valence-corrected chi connectivity index (χ1v) is 5.60. The molecular formula is C10H17BrO. The highest BCUT2D eigenvalue weighted by Gasteiger charge is 2.18. The number of aliphatic hydroxyl groups is 1. The molecule has 1 nitrogen and oxygen atoms in total. The summed E-state index contributed by atoms with van der Waals surface area (Å²) in [5.74, 6) is 0. The average molecular weight is 233 g/mol. The molecule has 0 bridgehead atoms. The average Bonchev–Trinajstić information content (AvgIpc) is 2.47. The first-order chi connectivity index (χ1) is 5.75. The van der Waals surface area contributed by atoms with Crippen molar-refractivity contribution in [2.75, 3.05) is 0 Å². The van der Waals surface area contributed by atoms with E-state index in [4.69, 9.17) is 0 Å². The molecule has 0 heterocycles. The second kappa shape index (κ2) is 5.03. The SMILES string of the molecule is CCCCC(O)C1=C(Br)CCC1. The fourth-order valence-corrected chi connectivity index (χ4v) is 2.39. The normalized spacial score (nSPS) is 20.2. The predicted octanol–water partition coefficient (Wildman–Crippen LogP) is 3.37. The lowest BCUT2D eigenvalue weighted by molar-refractivity contribution is 0.194. The van der Waals surface area contributed by atoms with Crippen molar-refractivity contribution in [3.8, 4) is 0 Å². The third-order valence-electron chi connectivity index (χ3n) is 2.42. The zero-order valence-electron chi connectivity index (χ0n) is 7.65. The maximum absolute atomic E-state index is 9.76. The van der Waals surface area contributed by atoms with E-state index >= 15 is 0 Å². The Balaban J connectivity index is 2.40. The number of aliphatic hydroxyl groups excluding tert-OH is 1. The van der Waals surface area contributed by atoms with Crippen molar-refractivity contribution in [3.05, 3.63) is 10.1 Å². The van der Waals surface area contributed by atoms with Gasteiger partial charge in [0.05, 0.1) is 6.10 Å². The molecule has 1 unspecified atom stereocenters. The van der Waals surface area contributed by atoms with Crippen LogP contribution in [-0.2, 0) is 0 Å². The van der Waals surface area contributed by atoms with Crippen molar-refractivity contribution in [1.29, 1.82) is 0 Å². The summed E-state index contributed by atoms with van der Waals surface area (Å²) in [6.45, 7) is 2.16. The van der Waals surface area contributed by atoms with Gasteiger partial charge in [0.1, 0.15) is 0 Å². The molecule has 0 aromatic carbocycles. The Morgan fingerprint density at radius 2 is 2.25 bits per heavy atom. The van der Waals surface area contributed by atoms with Crippen LogP contribution in [-0.4, -0.2) is 11.2 Å². The fourth-order valence-electron chi connectivity index (χ4n) is 1.65. The van der Waals surface area contributed by atoms with Crippen LogP contribution in [0.1, 0.15) is 45.4 Å². The molecule has 1 aliphatic rings. The van der Waals surface area contributed by atoms with Crippen molar-refractivity contribution in [2.24, 2.45) is 0 Å². The van der Waals surface area contributed by atoms with E-state index in [1.165, 1.54) is 22.9 Å². The summed E-state index contributed by atoms with van der Waals surface area (Å²) in [7, 11) is 0. The van der Waals surface area contributed by atoms with Crippen LogP contribution >= 0.6 is 15.9 Å². The molecule has 0 saturated carbocycles. The van der Waals surface area contributed by atoms with Gasteiger partial charge >= 0.3 is 0 Å². The summed E-state index contributed by atoms with van der Waals surface area (Å²) in [4.78, 5) is 0. The van der Waals surface area contributed by atoms with Gasteiger partial charge in [-0.05, 0) is 35.7 Å². The molecule has 12 heavy (non-hydrogen) atoms. The van der Waals surface area contributed by atoms with Gasteiger partial charge in [-0.1, -0.05) is 35.7 Å². The highest BCUT2D eigenvalue weighted by atomic mass is 79.9. The van der Waals surface area contributed by atoms with Crippen LogP contribution < -0.4 is 0 Å². The van der Waals surface area contributed by atoms with Crippen molar-refractivity contribution in [3.63, 3.8) is 0 Å². The van der Waals surface area contributed by atoms with Crippen LogP contribution in [0.3, 0.4) is 0 Å². The second-order valence-corrected chi connectivity index (χ2v) is 4.40. The van der Waals surface area contributed by atoms with Gasteiger partial charge in [-0.3, -0.25) is 0 Å². The van der Waals surface area contributed by atoms with Gasteiger partial charge in [-0.25, -0.2) is 0 Å². The van der Waals surface area contributed by atoms with Crippen LogP contribution in [0.15, 0.2) is 10.1 Å². The van der Waals surface area contributed by atoms with Gasteiger partial charge in [0, 0.05) is 0 Å². The van der Waals surface area contributed by atoms with Crippen LogP contribution in [0.4, 0.5) is 0 Å². The van der Waals surface area contributed by atoms with E-state index in [0.29, 0.717) is 0 Å². The van der Waals surface area contributed by atoms with Crippen LogP contribution in [0.25, 0.3) is 0 Å². The number of hydrogen-bond donors (Lipinski definition) is 1. The van der Waals surface area contributed by atoms with Gasteiger partial charge in [0.25, 0.3) is 0 Å². The lowest BCUT2D eigenvalue weighted by Gasteiger charge is -2.11. The third kappa shape index (κ3) is 2.60. The molecule has 2 heteroatoms. The quantitative estimate of drug-likeness (QED) is 0.789. The summed E-state index contributed by atoms with van der Waals surface area (Å²) in [6, 6.07) is 0. The van der Waals surface area contributed by atoms with Crippen molar-refractivity contribution in [2.45, 2.75) is 51.6 Å². The molecule has 1 N–H and O–H groups in total. The van der Waals surface area contributed by atoms with E-state index in [-0.39, 0.29) is 6.10 Å². The second-order valence-electron chi connectivity index (χ2n) is 3.44. The Bertz CT molecular complexity index is 175. The van der Waals surface area contributed by atoms with E-state index in [1.807, 2.05) is 0 Å². The van der Waals surface area contributed by atoms with E-state index in [0.717, 1.165) is 25.7 Å². The molecule has 0 saturated heterocycles. The Labute approximate surface area is 83.0 Å². The van der Waals surface area contributed by atoms with Crippen molar-refractivity contribution < 1.29 is 5.11 Å². The zero-order valence-corrected chi connectivity index (χ0v) is 9.23. The first-order valence-electron chi connectivity index (χ1n) is 4.81. The van der Waals surface area contributed by atoms with Crippen molar-refractivity contribution >= 4 is 15.9 Å². The maximum Gasteiger partial charge on any atom is 0.0760 e. The minimum absolute atomic E-state index is 0.179. The number of hydrogen-bond acceptors (Lipinski definition) is 1. The van der Waals surface area contributed by atoms with Crippen LogP contribution in [0.2, 0.25) is 0 Å². The van der Waals surface area contributed by atoms with Gasteiger partial charge in [-0.2, -0.15) is 0 Å². The smallest absolute Gasteiger partial charge is 0.0760 e. The molecule has 0 aromatic heterocycles. The number of rotatable bonds is 4. The van der Waals surface area contributed by atoms with Gasteiger partial charge < -0.3 is 5.11 Å². The molecule has 0 aromatic rings. The molecule has 0 spiro atoms. The molecule has 70 valence electrons. The van der Waals surface area contributed by atoms with E-state index in [1.54, 1.807) is 0 Å². The summed E-state index contributed by atoms with van der Waals surface area (Å²) < 4.78 is 1.26. The lowest BCUT2D eigenvalue weighted by Crippen LogP contribution is -2.09. The molecule has 1 aliphatic carbocycles. The maximum atomic E-state index is 9.76. The summed E-state index contributed by atoms with van der Waals surface area (Å²) in [6.07, 6.45) is 6.47. The molecule has 0 amide bonds. The monoisotopic (exact) mass is 232 g/mol. The summed E-state index contributed by atoms with van der Waals surface area (Å²) in [5, 5.41) is 9.76. The Morgan fingerprint density at radius 1 is 1.50 bits per heavy atom. The number of halogens is 1. The molecule has 0 aliphatic heterocycles. The number of unbranched alkanes of at least 4 members (excludes halogenated alkanes) is 1. The molecule has 1 rings (SSSR count). The Morgan fingerprint density at radius 3 is 2.75 bits per heavy atom. The van der Waals surface area contributed by atoms with E-state index < -0.39 is 0 Å². The highest BCUT2D eigenvalue weighted by molar-refractivity contribution is 9.11. The standard InChI is InChI=1S/C10H17BrO/c1-2-3-7-10(12)8-5-4-6-9(8)11/h10,12H,2-7H2,1H3.